The Hall–Kier alpha value is -1.44. The van der Waals surface area contributed by atoms with Crippen molar-refractivity contribution in [1.29, 1.82) is 0 Å². The molecular weight excluding hydrogens is 446 g/mol. The van der Waals surface area contributed by atoms with Crippen LogP contribution < -0.4 is 0 Å². The molecule has 200 valence electrons. The summed E-state index contributed by atoms with van der Waals surface area (Å²) in [6, 6.07) is 3.78. The van der Waals surface area contributed by atoms with E-state index in [1.54, 1.807) is 0 Å². The lowest BCUT2D eigenvalue weighted by atomic mass is 9.76. The summed E-state index contributed by atoms with van der Waals surface area (Å²) in [7, 11) is 0. The van der Waals surface area contributed by atoms with Crippen LogP contribution in [0.5, 0.6) is 0 Å². The van der Waals surface area contributed by atoms with Crippen molar-refractivity contribution in [2.75, 3.05) is 0 Å². The fourth-order valence-corrected chi connectivity index (χ4v) is 7.26. The topological polar surface area (TPSA) is 0 Å². The summed E-state index contributed by atoms with van der Waals surface area (Å²) in [4.78, 5) is 0. The third-order valence-electron chi connectivity index (χ3n) is 9.66. The van der Waals surface area contributed by atoms with Crippen LogP contribution in [0.1, 0.15) is 140 Å². The fraction of sp³-hybridized carbons (Fsp3) is 0.706. The summed E-state index contributed by atoms with van der Waals surface area (Å²) in [5.74, 6) is 1.91. The van der Waals surface area contributed by atoms with Gasteiger partial charge in [-0.1, -0.05) is 88.8 Å². The summed E-state index contributed by atoms with van der Waals surface area (Å²) < 4.78 is 30.3. The van der Waals surface area contributed by atoms with E-state index < -0.39 is 11.6 Å². The molecule has 2 fully saturated rings. The van der Waals surface area contributed by atoms with Gasteiger partial charge in [0.25, 0.3) is 0 Å². The lowest BCUT2D eigenvalue weighted by Crippen LogP contribution is -2.16. The Labute approximate surface area is 220 Å². The van der Waals surface area contributed by atoms with Crippen LogP contribution in [0.4, 0.5) is 8.78 Å². The quantitative estimate of drug-likeness (QED) is 0.223. The molecule has 0 aliphatic heterocycles. The van der Waals surface area contributed by atoms with E-state index in [0.29, 0.717) is 17.0 Å². The molecule has 0 spiro atoms. The summed E-state index contributed by atoms with van der Waals surface area (Å²) in [6.45, 7) is 4.52. The third kappa shape index (κ3) is 7.32. The highest BCUT2D eigenvalue weighted by Gasteiger charge is 2.28. The van der Waals surface area contributed by atoms with E-state index in [4.69, 9.17) is 0 Å². The second kappa shape index (κ2) is 13.9. The van der Waals surface area contributed by atoms with Gasteiger partial charge >= 0.3 is 0 Å². The predicted octanol–water partition coefficient (Wildman–Crippen LogP) is 11.0. The minimum atomic E-state index is -0.595. The Morgan fingerprint density at radius 2 is 1.33 bits per heavy atom. The van der Waals surface area contributed by atoms with Crippen LogP contribution in [0.25, 0.3) is 0 Å². The van der Waals surface area contributed by atoms with Crippen LogP contribution in [0.2, 0.25) is 0 Å². The van der Waals surface area contributed by atoms with Crippen molar-refractivity contribution < 1.29 is 8.78 Å². The van der Waals surface area contributed by atoms with E-state index in [9.17, 15) is 0 Å². The molecule has 3 aliphatic carbocycles. The molecule has 4 rings (SSSR count). The van der Waals surface area contributed by atoms with Crippen LogP contribution >= 0.6 is 0 Å². The SMILES string of the molecule is CCCCCC1CCC(/C=C/C2C=CC(c3ccc(C4CCC(CCC)CC4)c(F)c3F)CC2)CC1. The van der Waals surface area contributed by atoms with Crippen molar-refractivity contribution in [2.24, 2.45) is 23.7 Å². The van der Waals surface area contributed by atoms with Crippen molar-refractivity contribution in [3.8, 4) is 0 Å². The zero-order valence-corrected chi connectivity index (χ0v) is 23.0. The summed E-state index contributed by atoms with van der Waals surface area (Å²) in [5.41, 5.74) is 1.17. The summed E-state index contributed by atoms with van der Waals surface area (Å²) >= 11 is 0. The number of unbranched alkanes of at least 4 members (excludes halogenated alkanes) is 2. The van der Waals surface area contributed by atoms with E-state index in [1.165, 1.54) is 64.2 Å². The number of hydrogen-bond acceptors (Lipinski definition) is 0. The van der Waals surface area contributed by atoms with Gasteiger partial charge in [-0.2, -0.15) is 0 Å². The number of benzene rings is 1. The van der Waals surface area contributed by atoms with E-state index in [2.05, 4.69) is 38.2 Å². The summed E-state index contributed by atoms with van der Waals surface area (Å²) in [5, 5.41) is 0. The van der Waals surface area contributed by atoms with Gasteiger partial charge in [0.05, 0.1) is 0 Å². The van der Waals surface area contributed by atoms with Crippen molar-refractivity contribution >= 4 is 0 Å². The Balaban J connectivity index is 1.28. The second-order valence-electron chi connectivity index (χ2n) is 12.3. The van der Waals surface area contributed by atoms with Crippen LogP contribution in [0.15, 0.2) is 36.4 Å². The van der Waals surface area contributed by atoms with Gasteiger partial charge in [0.2, 0.25) is 0 Å². The average Bonchev–Trinajstić information content (AvgIpc) is 2.91. The first kappa shape index (κ1) is 27.6. The van der Waals surface area contributed by atoms with Crippen molar-refractivity contribution in [2.45, 2.75) is 128 Å². The minimum absolute atomic E-state index is 0.00273. The molecule has 2 unspecified atom stereocenters. The molecule has 0 amide bonds. The van der Waals surface area contributed by atoms with Gasteiger partial charge in [-0.25, -0.2) is 8.78 Å². The first-order valence-corrected chi connectivity index (χ1v) is 15.4. The molecule has 0 nitrogen and oxygen atoms in total. The third-order valence-corrected chi connectivity index (χ3v) is 9.66. The van der Waals surface area contributed by atoms with E-state index >= 15 is 8.78 Å². The molecule has 0 bridgehead atoms. The maximum Gasteiger partial charge on any atom is 0.162 e. The number of allylic oxidation sites excluding steroid dienone is 4. The number of hydrogen-bond donors (Lipinski definition) is 0. The molecule has 2 heteroatoms. The number of rotatable bonds is 10. The first-order valence-electron chi connectivity index (χ1n) is 15.4. The van der Waals surface area contributed by atoms with Gasteiger partial charge in [0.1, 0.15) is 0 Å². The van der Waals surface area contributed by atoms with Crippen LogP contribution in [0.3, 0.4) is 0 Å². The van der Waals surface area contributed by atoms with Gasteiger partial charge < -0.3 is 0 Å². The second-order valence-corrected chi connectivity index (χ2v) is 12.3. The van der Waals surface area contributed by atoms with Gasteiger partial charge in [-0.05, 0) is 105 Å². The van der Waals surface area contributed by atoms with Crippen molar-refractivity contribution in [3.05, 3.63) is 59.2 Å². The molecule has 2 saturated carbocycles. The molecule has 3 aliphatic rings. The Morgan fingerprint density at radius 3 is 2.00 bits per heavy atom. The van der Waals surface area contributed by atoms with Gasteiger partial charge in [0, 0.05) is 5.92 Å². The van der Waals surface area contributed by atoms with Crippen LogP contribution in [-0.4, -0.2) is 0 Å². The molecule has 0 radical (unpaired) electrons. The monoisotopic (exact) mass is 496 g/mol. The van der Waals surface area contributed by atoms with Gasteiger partial charge in [0.15, 0.2) is 11.6 Å². The highest BCUT2D eigenvalue weighted by molar-refractivity contribution is 5.34. The molecule has 0 heterocycles. The lowest BCUT2D eigenvalue weighted by molar-refractivity contribution is 0.289. The largest absolute Gasteiger partial charge is 0.203 e. The van der Waals surface area contributed by atoms with Gasteiger partial charge in [-0.3, -0.25) is 0 Å². The normalized spacial score (nSPS) is 31.2. The fourth-order valence-electron chi connectivity index (χ4n) is 7.26. The highest BCUT2D eigenvalue weighted by Crippen LogP contribution is 2.41. The predicted molar refractivity (Wildman–Crippen MR) is 149 cm³/mol. The Kier molecular flexibility index (Phi) is 10.7. The Morgan fingerprint density at radius 1 is 0.667 bits per heavy atom. The molecule has 0 saturated heterocycles. The maximum absolute atomic E-state index is 15.2. The molecular formula is C34H50F2. The lowest BCUT2D eigenvalue weighted by Gasteiger charge is -2.29. The maximum atomic E-state index is 15.2. The Bertz CT molecular complexity index is 852. The summed E-state index contributed by atoms with van der Waals surface area (Å²) in [6.07, 6.45) is 28.9. The molecule has 36 heavy (non-hydrogen) atoms. The van der Waals surface area contributed by atoms with E-state index in [1.807, 2.05) is 12.1 Å². The van der Waals surface area contributed by atoms with Crippen molar-refractivity contribution in [3.63, 3.8) is 0 Å². The van der Waals surface area contributed by atoms with Crippen LogP contribution in [-0.2, 0) is 0 Å². The molecule has 1 aromatic rings. The van der Waals surface area contributed by atoms with E-state index in [0.717, 1.165) is 56.3 Å². The standard InChI is InChI=1S/C34H50F2/c1-3-5-6-8-26-9-11-27(12-10-26)13-14-28-17-21-30(22-18-28)32-24-23-31(33(35)34(32)36)29-19-15-25(7-4-2)16-20-29/h13-14,17,21,23-30H,3-12,15-16,18-20,22H2,1-2H3/b14-13+. The first-order chi connectivity index (χ1) is 17.6. The van der Waals surface area contributed by atoms with Gasteiger partial charge in [-0.15, -0.1) is 0 Å². The zero-order valence-electron chi connectivity index (χ0n) is 23.0. The number of halogens is 2. The average molecular weight is 497 g/mol. The van der Waals surface area contributed by atoms with Crippen molar-refractivity contribution in [1.82, 2.24) is 0 Å². The minimum Gasteiger partial charge on any atom is -0.203 e. The van der Waals surface area contributed by atoms with E-state index in [-0.39, 0.29) is 11.8 Å². The highest BCUT2D eigenvalue weighted by atomic mass is 19.2. The van der Waals surface area contributed by atoms with Crippen LogP contribution in [0, 0.1) is 35.3 Å². The smallest absolute Gasteiger partial charge is 0.162 e. The molecule has 0 N–H and O–H groups in total. The zero-order chi connectivity index (χ0) is 25.3. The molecule has 2 atom stereocenters. The molecule has 1 aromatic carbocycles. The molecule has 0 aromatic heterocycles.